The molecule has 2 rings (SSSR count). The number of halogens is 1. The molecule has 1 aromatic heterocycles. The smallest absolute Gasteiger partial charge is 0.231 e. The fourth-order valence-electron chi connectivity index (χ4n) is 1.73. The van der Waals surface area contributed by atoms with Gasteiger partial charge in [0.2, 0.25) is 11.9 Å². The Morgan fingerprint density at radius 2 is 2.05 bits per heavy atom. The molecule has 0 atom stereocenters. The molecule has 0 bridgehead atoms. The molecule has 0 saturated heterocycles. The van der Waals surface area contributed by atoms with E-state index in [0.29, 0.717) is 10.8 Å². The van der Waals surface area contributed by atoms with Crippen molar-refractivity contribution in [3.05, 3.63) is 46.7 Å². The molecule has 20 heavy (non-hydrogen) atoms. The summed E-state index contributed by atoms with van der Waals surface area (Å²) in [6, 6.07) is 5.23. The van der Waals surface area contributed by atoms with Gasteiger partial charge in [0.05, 0.1) is 13.5 Å². The van der Waals surface area contributed by atoms with Gasteiger partial charge in [-0.15, -0.1) is 0 Å². The molecule has 1 heterocycles. The summed E-state index contributed by atoms with van der Waals surface area (Å²) in [6.07, 6.45) is 3.26. The number of nitrogens with zero attached hydrogens (tertiary/aromatic N) is 2. The first kappa shape index (κ1) is 14.3. The highest BCUT2D eigenvalue weighted by Crippen LogP contribution is 2.27. The van der Waals surface area contributed by atoms with Gasteiger partial charge in [-0.05, 0) is 30.7 Å². The van der Waals surface area contributed by atoms with Crippen LogP contribution in [0.1, 0.15) is 11.1 Å². The second kappa shape index (κ2) is 6.34. The molecule has 0 aliphatic carbocycles. The van der Waals surface area contributed by atoms with Crippen molar-refractivity contribution in [2.75, 3.05) is 12.4 Å². The van der Waals surface area contributed by atoms with E-state index in [1.807, 2.05) is 13.0 Å². The molecule has 5 nitrogen and oxygen atoms in total. The van der Waals surface area contributed by atoms with Gasteiger partial charge in [0.15, 0.2) is 0 Å². The van der Waals surface area contributed by atoms with Crippen molar-refractivity contribution in [2.24, 2.45) is 0 Å². The van der Waals surface area contributed by atoms with E-state index in [-0.39, 0.29) is 18.3 Å². The van der Waals surface area contributed by atoms with E-state index in [9.17, 15) is 4.79 Å². The molecule has 0 spiro atoms. The van der Waals surface area contributed by atoms with Gasteiger partial charge in [-0.25, -0.2) is 9.97 Å². The summed E-state index contributed by atoms with van der Waals surface area (Å²) in [5, 5.41) is 3.22. The van der Waals surface area contributed by atoms with Crippen molar-refractivity contribution in [1.29, 1.82) is 0 Å². The minimum absolute atomic E-state index is 0.140. The van der Waals surface area contributed by atoms with Gasteiger partial charge in [-0.1, -0.05) is 11.6 Å². The van der Waals surface area contributed by atoms with Crippen LogP contribution >= 0.6 is 11.6 Å². The molecule has 1 N–H and O–H groups in total. The highest BCUT2D eigenvalue weighted by molar-refractivity contribution is 6.31. The highest BCUT2D eigenvalue weighted by Gasteiger charge is 2.12. The first-order valence-electron chi connectivity index (χ1n) is 6.00. The van der Waals surface area contributed by atoms with Gasteiger partial charge in [-0.3, -0.25) is 10.1 Å². The summed E-state index contributed by atoms with van der Waals surface area (Å²) in [7, 11) is 1.56. The molecule has 0 aliphatic heterocycles. The number of hydrogen-bond donors (Lipinski definition) is 1. The van der Waals surface area contributed by atoms with Crippen LogP contribution in [0.3, 0.4) is 0 Å². The van der Waals surface area contributed by atoms with Crippen LogP contribution in [0.15, 0.2) is 30.6 Å². The van der Waals surface area contributed by atoms with Crippen molar-refractivity contribution in [3.8, 4) is 5.75 Å². The zero-order valence-electron chi connectivity index (χ0n) is 11.2. The molecular weight excluding hydrogens is 278 g/mol. The first-order valence-corrected chi connectivity index (χ1v) is 6.38. The summed E-state index contributed by atoms with van der Waals surface area (Å²) in [5.74, 6) is 0.681. The quantitative estimate of drug-likeness (QED) is 0.940. The Bertz CT molecular complexity index is 617. The second-order valence-corrected chi connectivity index (χ2v) is 4.62. The zero-order valence-corrected chi connectivity index (χ0v) is 11.9. The molecule has 0 unspecified atom stereocenters. The minimum Gasteiger partial charge on any atom is -0.496 e. The third kappa shape index (κ3) is 3.45. The van der Waals surface area contributed by atoms with Crippen LogP contribution in [0.25, 0.3) is 0 Å². The second-order valence-electron chi connectivity index (χ2n) is 4.21. The lowest BCUT2D eigenvalue weighted by Gasteiger charge is -2.10. The third-order valence-electron chi connectivity index (χ3n) is 2.73. The van der Waals surface area contributed by atoms with Gasteiger partial charge in [0, 0.05) is 23.0 Å². The Hall–Kier alpha value is -2.14. The number of aromatic nitrogens is 2. The molecule has 0 radical (unpaired) electrons. The summed E-state index contributed by atoms with van der Waals surface area (Å²) in [4.78, 5) is 19.8. The SMILES string of the molecule is COc1cc(C)c(Cl)cc1CC(=O)Nc1ncccn1. The standard InChI is InChI=1S/C14H14ClN3O2/c1-9-6-12(20-2)10(7-11(9)15)8-13(19)18-14-16-4-3-5-17-14/h3-7H,8H2,1-2H3,(H,16,17,18,19). The van der Waals surface area contributed by atoms with E-state index in [4.69, 9.17) is 16.3 Å². The maximum Gasteiger partial charge on any atom is 0.231 e. The monoisotopic (exact) mass is 291 g/mol. The third-order valence-corrected chi connectivity index (χ3v) is 3.14. The number of amides is 1. The fourth-order valence-corrected chi connectivity index (χ4v) is 1.92. The predicted molar refractivity (Wildman–Crippen MR) is 77.1 cm³/mol. The van der Waals surface area contributed by atoms with Crippen LogP contribution in [-0.2, 0) is 11.2 Å². The summed E-state index contributed by atoms with van der Waals surface area (Å²) in [6.45, 7) is 1.88. The number of carbonyl (C=O) groups is 1. The molecule has 0 fully saturated rings. The van der Waals surface area contributed by atoms with E-state index < -0.39 is 0 Å². The summed E-state index contributed by atoms with van der Waals surface area (Å²) < 4.78 is 5.26. The van der Waals surface area contributed by atoms with Crippen LogP contribution in [0.2, 0.25) is 5.02 Å². The number of anilines is 1. The molecule has 104 valence electrons. The van der Waals surface area contributed by atoms with Gasteiger partial charge in [-0.2, -0.15) is 0 Å². The lowest BCUT2D eigenvalue weighted by molar-refractivity contribution is -0.115. The van der Waals surface area contributed by atoms with Gasteiger partial charge in [0.1, 0.15) is 5.75 Å². The normalized spacial score (nSPS) is 10.2. The fraction of sp³-hybridized carbons (Fsp3) is 0.214. The van der Waals surface area contributed by atoms with Crippen molar-refractivity contribution in [3.63, 3.8) is 0 Å². The average Bonchev–Trinajstić information content (AvgIpc) is 2.43. The highest BCUT2D eigenvalue weighted by atomic mass is 35.5. The van der Waals surface area contributed by atoms with E-state index in [1.165, 1.54) is 0 Å². The minimum atomic E-state index is -0.227. The number of nitrogens with one attached hydrogen (secondary N) is 1. The number of aryl methyl sites for hydroxylation is 1. The van der Waals surface area contributed by atoms with Crippen LogP contribution in [-0.4, -0.2) is 23.0 Å². The Labute approximate surface area is 122 Å². The van der Waals surface area contributed by atoms with E-state index >= 15 is 0 Å². The number of carbonyl (C=O) groups excluding carboxylic acids is 1. The van der Waals surface area contributed by atoms with Crippen molar-refractivity contribution < 1.29 is 9.53 Å². The van der Waals surface area contributed by atoms with E-state index in [1.54, 1.807) is 31.6 Å². The van der Waals surface area contributed by atoms with Crippen LogP contribution in [0, 0.1) is 6.92 Å². The Morgan fingerprint density at radius 1 is 1.35 bits per heavy atom. The maximum absolute atomic E-state index is 12.0. The van der Waals surface area contributed by atoms with Gasteiger partial charge < -0.3 is 4.74 Å². The van der Waals surface area contributed by atoms with Crippen molar-refractivity contribution >= 4 is 23.5 Å². The lowest BCUT2D eigenvalue weighted by atomic mass is 10.1. The molecule has 6 heteroatoms. The molecule has 2 aromatic rings. The molecule has 1 amide bonds. The summed E-state index contributed by atoms with van der Waals surface area (Å²) in [5.41, 5.74) is 1.62. The zero-order chi connectivity index (χ0) is 14.5. The van der Waals surface area contributed by atoms with Gasteiger partial charge >= 0.3 is 0 Å². The summed E-state index contributed by atoms with van der Waals surface area (Å²) >= 11 is 6.07. The Morgan fingerprint density at radius 3 is 2.70 bits per heavy atom. The first-order chi connectivity index (χ1) is 9.60. The Kier molecular flexibility index (Phi) is 4.53. The van der Waals surface area contributed by atoms with Crippen molar-refractivity contribution in [2.45, 2.75) is 13.3 Å². The molecule has 1 aromatic carbocycles. The van der Waals surface area contributed by atoms with E-state index in [2.05, 4.69) is 15.3 Å². The topological polar surface area (TPSA) is 64.1 Å². The van der Waals surface area contributed by atoms with Crippen LogP contribution in [0.4, 0.5) is 5.95 Å². The van der Waals surface area contributed by atoms with Crippen LogP contribution < -0.4 is 10.1 Å². The van der Waals surface area contributed by atoms with Crippen molar-refractivity contribution in [1.82, 2.24) is 9.97 Å². The average molecular weight is 292 g/mol. The number of ether oxygens (including phenoxy) is 1. The molecule has 0 saturated carbocycles. The number of methoxy groups -OCH3 is 1. The molecule has 0 aliphatic rings. The van der Waals surface area contributed by atoms with E-state index in [0.717, 1.165) is 11.1 Å². The largest absolute Gasteiger partial charge is 0.496 e. The number of benzene rings is 1. The maximum atomic E-state index is 12.0. The number of rotatable bonds is 4. The molecular formula is C14H14ClN3O2. The number of hydrogen-bond acceptors (Lipinski definition) is 4. The predicted octanol–water partition coefficient (Wildman–Crippen LogP) is 2.63. The van der Waals surface area contributed by atoms with Crippen LogP contribution in [0.5, 0.6) is 5.75 Å². The Balaban J connectivity index is 2.13. The lowest BCUT2D eigenvalue weighted by Crippen LogP contribution is -2.16. The van der Waals surface area contributed by atoms with Gasteiger partial charge in [0.25, 0.3) is 0 Å².